The molecule has 0 aromatic heterocycles. The number of hydrogen-bond acceptors (Lipinski definition) is 5. The van der Waals surface area contributed by atoms with E-state index in [9.17, 15) is 9.18 Å². The van der Waals surface area contributed by atoms with E-state index in [2.05, 4.69) is 0 Å². The highest BCUT2D eigenvalue weighted by atomic mass is 19.1. The molecule has 7 heteroatoms. The highest BCUT2D eigenvalue weighted by Crippen LogP contribution is 2.41. The molecule has 0 heterocycles. The lowest BCUT2D eigenvalue weighted by atomic mass is 10.1. The van der Waals surface area contributed by atoms with Gasteiger partial charge in [0.2, 0.25) is 11.7 Å². The first-order valence-electron chi connectivity index (χ1n) is 9.96. The van der Waals surface area contributed by atoms with Gasteiger partial charge in [0.25, 0.3) is 0 Å². The first-order valence-corrected chi connectivity index (χ1v) is 9.96. The maximum atomic E-state index is 13.4. The van der Waals surface area contributed by atoms with Crippen molar-refractivity contribution in [1.82, 2.24) is 0 Å². The van der Waals surface area contributed by atoms with Crippen molar-refractivity contribution in [2.24, 2.45) is 0 Å². The lowest BCUT2D eigenvalue weighted by molar-refractivity contribution is -0.118. The van der Waals surface area contributed by atoms with Crippen LogP contribution in [0.2, 0.25) is 0 Å². The minimum absolute atomic E-state index is 0.104. The molecule has 1 amide bonds. The van der Waals surface area contributed by atoms with Gasteiger partial charge in [-0.25, -0.2) is 4.39 Å². The van der Waals surface area contributed by atoms with Crippen LogP contribution in [0.25, 0.3) is 0 Å². The fourth-order valence-electron chi connectivity index (χ4n) is 3.33. The van der Waals surface area contributed by atoms with E-state index in [1.54, 1.807) is 36.3 Å². The Bertz CT molecular complexity index is 1030. The third kappa shape index (κ3) is 5.29. The van der Waals surface area contributed by atoms with Crippen LogP contribution in [0.15, 0.2) is 60.7 Å². The molecule has 0 atom stereocenters. The van der Waals surface area contributed by atoms with E-state index < -0.39 is 0 Å². The fourth-order valence-corrected chi connectivity index (χ4v) is 3.33. The fraction of sp³-hybridized carbons (Fsp3) is 0.240. The lowest BCUT2D eigenvalue weighted by Crippen LogP contribution is -2.32. The zero-order chi connectivity index (χ0) is 23.1. The summed E-state index contributed by atoms with van der Waals surface area (Å²) in [6.45, 7) is 0.308. The maximum absolute atomic E-state index is 13.4. The lowest BCUT2D eigenvalue weighted by Gasteiger charge is -2.25. The standard InChI is InChI=1S/C25H26FNO5/c1-29-21-11-7-18(8-12-21)16-27(24(28)13-17-5-9-19(26)10-6-17)20-14-22(30-2)25(32-4)23(15-20)31-3/h5-12,14-15H,13,16H2,1-4H3. The number of amides is 1. The summed E-state index contributed by atoms with van der Waals surface area (Å²) in [4.78, 5) is 15.0. The quantitative estimate of drug-likeness (QED) is 0.486. The number of ether oxygens (including phenoxy) is 4. The molecular formula is C25H26FNO5. The van der Waals surface area contributed by atoms with Gasteiger partial charge in [0.05, 0.1) is 47.1 Å². The van der Waals surface area contributed by atoms with Gasteiger partial charge in [-0.2, -0.15) is 0 Å². The summed E-state index contributed by atoms with van der Waals surface area (Å²) in [7, 11) is 6.17. The van der Waals surface area contributed by atoms with E-state index in [0.29, 0.717) is 35.0 Å². The zero-order valence-corrected chi connectivity index (χ0v) is 18.6. The Morgan fingerprint density at radius 3 is 1.84 bits per heavy atom. The van der Waals surface area contributed by atoms with E-state index in [1.807, 2.05) is 24.3 Å². The third-order valence-electron chi connectivity index (χ3n) is 5.03. The van der Waals surface area contributed by atoms with Crippen LogP contribution in [-0.4, -0.2) is 34.3 Å². The van der Waals surface area contributed by atoms with Gasteiger partial charge in [-0.15, -0.1) is 0 Å². The molecule has 0 unspecified atom stereocenters. The summed E-state index contributed by atoms with van der Waals surface area (Å²) < 4.78 is 34.8. The molecule has 0 fully saturated rings. The molecule has 32 heavy (non-hydrogen) atoms. The molecule has 0 N–H and O–H groups in total. The molecule has 0 bridgehead atoms. The number of halogens is 1. The summed E-state index contributed by atoms with van der Waals surface area (Å²) in [6, 6.07) is 16.8. The van der Waals surface area contributed by atoms with Crippen LogP contribution < -0.4 is 23.8 Å². The van der Waals surface area contributed by atoms with Crippen LogP contribution in [0.1, 0.15) is 11.1 Å². The first-order chi connectivity index (χ1) is 15.5. The minimum atomic E-state index is -0.346. The zero-order valence-electron chi connectivity index (χ0n) is 18.6. The molecule has 3 aromatic rings. The molecule has 0 saturated heterocycles. The highest BCUT2D eigenvalue weighted by molar-refractivity contribution is 5.95. The predicted octanol–water partition coefficient (Wildman–Crippen LogP) is 4.64. The summed E-state index contributed by atoms with van der Waals surface area (Å²) in [5.74, 6) is 1.54. The molecule has 3 rings (SSSR count). The van der Waals surface area contributed by atoms with E-state index in [-0.39, 0.29) is 18.1 Å². The molecule has 0 saturated carbocycles. The summed E-state index contributed by atoms with van der Waals surface area (Å²) in [5.41, 5.74) is 2.21. The topological polar surface area (TPSA) is 57.2 Å². The number of hydrogen-bond donors (Lipinski definition) is 0. The van der Waals surface area contributed by atoms with Crippen molar-refractivity contribution < 1.29 is 28.1 Å². The van der Waals surface area contributed by atoms with Crippen molar-refractivity contribution in [3.8, 4) is 23.0 Å². The number of carbonyl (C=O) groups is 1. The molecule has 0 spiro atoms. The number of methoxy groups -OCH3 is 4. The molecule has 3 aromatic carbocycles. The van der Waals surface area contributed by atoms with Gasteiger partial charge in [-0.1, -0.05) is 24.3 Å². The molecule has 0 aliphatic heterocycles. The van der Waals surface area contributed by atoms with Crippen molar-refractivity contribution in [2.45, 2.75) is 13.0 Å². The van der Waals surface area contributed by atoms with Crippen LogP contribution in [0.3, 0.4) is 0 Å². The largest absolute Gasteiger partial charge is 0.497 e. The molecule has 6 nitrogen and oxygen atoms in total. The molecular weight excluding hydrogens is 413 g/mol. The SMILES string of the molecule is COc1ccc(CN(C(=O)Cc2ccc(F)cc2)c2cc(OC)c(OC)c(OC)c2)cc1. The van der Waals surface area contributed by atoms with Crippen molar-refractivity contribution in [1.29, 1.82) is 0 Å². The van der Waals surface area contributed by atoms with Gasteiger partial charge < -0.3 is 23.8 Å². The Hall–Kier alpha value is -3.74. The number of carbonyl (C=O) groups excluding carboxylic acids is 1. The van der Waals surface area contributed by atoms with E-state index in [4.69, 9.17) is 18.9 Å². The van der Waals surface area contributed by atoms with Crippen molar-refractivity contribution in [2.75, 3.05) is 33.3 Å². The van der Waals surface area contributed by atoms with Gasteiger partial charge in [-0.3, -0.25) is 4.79 Å². The Morgan fingerprint density at radius 2 is 1.34 bits per heavy atom. The summed E-state index contributed by atoms with van der Waals surface area (Å²) in [6.07, 6.45) is 0.104. The van der Waals surface area contributed by atoms with Gasteiger partial charge >= 0.3 is 0 Å². The third-order valence-corrected chi connectivity index (χ3v) is 5.03. The second-order valence-electron chi connectivity index (χ2n) is 7.01. The Kier molecular flexibility index (Phi) is 7.54. The number of anilines is 1. The Morgan fingerprint density at radius 1 is 0.781 bits per heavy atom. The molecule has 0 aliphatic rings. The van der Waals surface area contributed by atoms with E-state index >= 15 is 0 Å². The molecule has 168 valence electrons. The van der Waals surface area contributed by atoms with Gasteiger partial charge in [0.1, 0.15) is 11.6 Å². The Balaban J connectivity index is 2.00. The van der Waals surface area contributed by atoms with Crippen LogP contribution in [0.4, 0.5) is 10.1 Å². The number of benzene rings is 3. The van der Waals surface area contributed by atoms with Crippen molar-refractivity contribution in [3.63, 3.8) is 0 Å². The normalized spacial score (nSPS) is 10.4. The van der Waals surface area contributed by atoms with Crippen LogP contribution in [0.5, 0.6) is 23.0 Å². The average Bonchev–Trinajstić information content (AvgIpc) is 2.83. The first kappa shape index (κ1) is 22.9. The van der Waals surface area contributed by atoms with Gasteiger partial charge in [0.15, 0.2) is 11.5 Å². The van der Waals surface area contributed by atoms with Crippen LogP contribution >= 0.6 is 0 Å². The van der Waals surface area contributed by atoms with E-state index in [1.165, 1.54) is 33.5 Å². The predicted molar refractivity (Wildman–Crippen MR) is 120 cm³/mol. The van der Waals surface area contributed by atoms with Gasteiger partial charge in [-0.05, 0) is 35.4 Å². The maximum Gasteiger partial charge on any atom is 0.231 e. The second-order valence-corrected chi connectivity index (χ2v) is 7.01. The van der Waals surface area contributed by atoms with E-state index in [0.717, 1.165) is 11.3 Å². The number of rotatable bonds is 9. The van der Waals surface area contributed by atoms with Crippen molar-refractivity contribution in [3.05, 3.63) is 77.6 Å². The van der Waals surface area contributed by atoms with Gasteiger partial charge in [0, 0.05) is 12.1 Å². The minimum Gasteiger partial charge on any atom is -0.497 e. The van der Waals surface area contributed by atoms with Crippen molar-refractivity contribution >= 4 is 11.6 Å². The summed E-state index contributed by atoms with van der Waals surface area (Å²) in [5, 5.41) is 0. The van der Waals surface area contributed by atoms with Crippen LogP contribution in [0, 0.1) is 5.82 Å². The molecule has 0 radical (unpaired) electrons. The molecule has 0 aliphatic carbocycles. The number of nitrogens with zero attached hydrogens (tertiary/aromatic N) is 1. The average molecular weight is 439 g/mol. The Labute approximate surface area is 187 Å². The summed E-state index contributed by atoms with van der Waals surface area (Å²) >= 11 is 0. The highest BCUT2D eigenvalue weighted by Gasteiger charge is 2.22. The van der Waals surface area contributed by atoms with Crippen LogP contribution in [-0.2, 0) is 17.8 Å². The second kappa shape index (κ2) is 10.5. The smallest absolute Gasteiger partial charge is 0.231 e. The monoisotopic (exact) mass is 439 g/mol.